The van der Waals surface area contributed by atoms with E-state index in [1.54, 1.807) is 0 Å². The van der Waals surface area contributed by atoms with Crippen molar-refractivity contribution in [2.45, 2.75) is 90.1 Å². The molecule has 0 amide bonds. The summed E-state index contributed by atoms with van der Waals surface area (Å²) < 4.78 is 22.1. The third kappa shape index (κ3) is 11.8. The average Bonchev–Trinajstić information content (AvgIpc) is 2.72. The second-order valence-electron chi connectivity index (χ2n) is 7.60. The molecule has 0 aromatic heterocycles. The number of hydrogen-bond acceptors (Lipinski definition) is 3. The molecule has 0 aliphatic heterocycles. The van der Waals surface area contributed by atoms with Crippen molar-refractivity contribution in [1.82, 2.24) is 0 Å². The molecule has 0 unspecified atom stereocenters. The summed E-state index contributed by atoms with van der Waals surface area (Å²) in [6, 6.07) is 8.10. The molecule has 1 aromatic carbocycles. The van der Waals surface area contributed by atoms with Crippen LogP contribution >= 0.6 is 7.60 Å². The Hall–Kier alpha value is -0.890. The zero-order chi connectivity index (χ0) is 20.5. The van der Waals surface area contributed by atoms with Crippen molar-refractivity contribution in [3.8, 4) is 0 Å². The van der Waals surface area contributed by atoms with Crippen molar-refractivity contribution in [2.24, 2.45) is 0 Å². The molecule has 3 nitrogen and oxygen atoms in total. The maximum absolute atomic E-state index is 12.2. The van der Waals surface area contributed by atoms with Gasteiger partial charge in [0.25, 0.3) is 0 Å². The van der Waals surface area contributed by atoms with Gasteiger partial charge < -0.3 is 9.05 Å². The molecule has 0 N–H and O–H groups in total. The first-order chi connectivity index (χ1) is 13.6. The summed E-state index contributed by atoms with van der Waals surface area (Å²) in [5.74, 6) is 0. The lowest BCUT2D eigenvalue weighted by Crippen LogP contribution is -1.93. The molecule has 0 aliphatic carbocycles. The van der Waals surface area contributed by atoms with Crippen LogP contribution < -0.4 is 0 Å². The summed E-state index contributed by atoms with van der Waals surface area (Å²) in [7, 11) is -0.134. The molecule has 0 saturated heterocycles. The number of hydrogen-bond donors (Lipinski definition) is 0. The first-order valence-electron chi connectivity index (χ1n) is 11.1. The molecule has 1 rings (SSSR count). The van der Waals surface area contributed by atoms with Crippen molar-refractivity contribution in [1.29, 1.82) is 0 Å². The number of benzene rings is 1. The van der Waals surface area contributed by atoms with E-state index in [1.165, 1.54) is 90.4 Å². The highest BCUT2D eigenvalue weighted by Gasteiger charge is 2.21. The third-order valence-electron chi connectivity index (χ3n) is 5.20. The Bertz CT molecular complexity index is 558. The van der Waals surface area contributed by atoms with Gasteiger partial charge in [-0.15, -0.1) is 0 Å². The Labute approximate surface area is 173 Å². The number of unbranched alkanes of at least 4 members (excludes halogenated alkanes) is 11. The van der Waals surface area contributed by atoms with Gasteiger partial charge in [-0.3, -0.25) is 4.57 Å². The van der Waals surface area contributed by atoms with E-state index in [2.05, 4.69) is 31.2 Å². The molecule has 0 atom stereocenters. The summed E-state index contributed by atoms with van der Waals surface area (Å²) >= 11 is 0. The SMILES string of the molecule is CCCCCCCCCCCCCC=Cc1ccc(CP(=O)(OC)OC)cc1. The molecule has 0 aliphatic rings. The minimum absolute atomic E-state index is 0.308. The van der Waals surface area contributed by atoms with Crippen molar-refractivity contribution >= 4 is 13.7 Å². The average molecular weight is 409 g/mol. The molecular formula is C24H41O3P. The standard InChI is InChI=1S/C24H41O3P/c1-4-5-6-7-8-9-10-11-12-13-14-15-16-17-23-18-20-24(21-19-23)22-28(25,26-2)27-3/h16-21H,4-15,22H2,1-3H3. The second kappa shape index (κ2) is 16.0. The molecule has 1 aromatic rings. The summed E-state index contributed by atoms with van der Waals surface area (Å²) in [5.41, 5.74) is 2.14. The largest absolute Gasteiger partial charge is 0.334 e. The van der Waals surface area contributed by atoms with Crippen molar-refractivity contribution in [3.63, 3.8) is 0 Å². The van der Waals surface area contributed by atoms with Gasteiger partial charge in [-0.1, -0.05) is 108 Å². The quantitative estimate of drug-likeness (QED) is 0.192. The first-order valence-corrected chi connectivity index (χ1v) is 12.8. The van der Waals surface area contributed by atoms with Gasteiger partial charge in [0.1, 0.15) is 0 Å². The summed E-state index contributed by atoms with van der Waals surface area (Å²) in [5, 5.41) is 0. The van der Waals surface area contributed by atoms with E-state index in [-0.39, 0.29) is 0 Å². The van der Waals surface area contributed by atoms with Crippen molar-refractivity contribution < 1.29 is 13.6 Å². The normalized spacial score (nSPS) is 12.1. The van der Waals surface area contributed by atoms with Crippen LogP contribution in [0, 0.1) is 0 Å². The van der Waals surface area contributed by atoms with E-state index in [9.17, 15) is 4.57 Å². The Balaban J connectivity index is 2.09. The van der Waals surface area contributed by atoms with Crippen LogP contribution in [0.5, 0.6) is 0 Å². The Kier molecular flexibility index (Phi) is 14.3. The van der Waals surface area contributed by atoms with Crippen LogP contribution in [0.1, 0.15) is 95.1 Å². The van der Waals surface area contributed by atoms with E-state index in [0.29, 0.717) is 6.16 Å². The molecule has 28 heavy (non-hydrogen) atoms. The lowest BCUT2D eigenvalue weighted by atomic mass is 10.0. The van der Waals surface area contributed by atoms with Gasteiger partial charge in [0, 0.05) is 14.2 Å². The molecule has 4 heteroatoms. The van der Waals surface area contributed by atoms with Crippen LogP contribution in [0.15, 0.2) is 30.3 Å². The predicted octanol–water partition coefficient (Wildman–Crippen LogP) is 8.39. The summed E-state index contributed by atoms with van der Waals surface area (Å²) in [6.07, 6.45) is 21.1. The van der Waals surface area contributed by atoms with Crippen LogP contribution in [0.25, 0.3) is 6.08 Å². The zero-order valence-corrected chi connectivity index (χ0v) is 19.2. The van der Waals surface area contributed by atoms with Crippen LogP contribution in [0.3, 0.4) is 0 Å². The molecule has 160 valence electrons. The smallest absolute Gasteiger partial charge is 0.312 e. The van der Waals surface area contributed by atoms with Crippen molar-refractivity contribution in [2.75, 3.05) is 14.2 Å². The molecule has 0 saturated carbocycles. The van der Waals surface area contributed by atoms with Crippen molar-refractivity contribution in [3.05, 3.63) is 41.5 Å². The van der Waals surface area contributed by atoms with Crippen LogP contribution in [-0.4, -0.2) is 14.2 Å². The van der Waals surface area contributed by atoms with Gasteiger partial charge in [-0.05, 0) is 24.0 Å². The molecule has 0 fully saturated rings. The van der Waals surface area contributed by atoms with Crippen LogP contribution in [-0.2, 0) is 19.8 Å². The minimum atomic E-state index is -2.99. The van der Waals surface area contributed by atoms with Gasteiger partial charge in [-0.25, -0.2) is 0 Å². The maximum atomic E-state index is 12.2. The van der Waals surface area contributed by atoms with E-state index in [0.717, 1.165) is 12.0 Å². The number of allylic oxidation sites excluding steroid dienone is 1. The fraction of sp³-hybridized carbons (Fsp3) is 0.667. The molecule has 0 radical (unpaired) electrons. The Morgan fingerprint density at radius 3 is 1.79 bits per heavy atom. The van der Waals surface area contributed by atoms with E-state index < -0.39 is 7.60 Å². The monoisotopic (exact) mass is 408 g/mol. The molecule has 0 spiro atoms. The minimum Gasteiger partial charge on any atom is -0.312 e. The highest BCUT2D eigenvalue weighted by atomic mass is 31.2. The number of rotatable bonds is 17. The fourth-order valence-corrected chi connectivity index (χ4v) is 4.37. The van der Waals surface area contributed by atoms with E-state index in [1.807, 2.05) is 12.1 Å². The predicted molar refractivity (Wildman–Crippen MR) is 122 cm³/mol. The molecular weight excluding hydrogens is 367 g/mol. The van der Waals surface area contributed by atoms with Crippen LogP contribution in [0.4, 0.5) is 0 Å². The first kappa shape index (κ1) is 25.1. The van der Waals surface area contributed by atoms with Gasteiger partial charge in [0.05, 0.1) is 6.16 Å². The van der Waals surface area contributed by atoms with E-state index >= 15 is 0 Å². The second-order valence-corrected chi connectivity index (χ2v) is 9.87. The highest BCUT2D eigenvalue weighted by molar-refractivity contribution is 7.52. The van der Waals surface area contributed by atoms with Gasteiger partial charge in [0.15, 0.2) is 0 Å². The van der Waals surface area contributed by atoms with Crippen LogP contribution in [0.2, 0.25) is 0 Å². The topological polar surface area (TPSA) is 35.5 Å². The fourth-order valence-electron chi connectivity index (χ4n) is 3.31. The Morgan fingerprint density at radius 1 is 0.786 bits per heavy atom. The van der Waals surface area contributed by atoms with E-state index in [4.69, 9.17) is 9.05 Å². The zero-order valence-electron chi connectivity index (χ0n) is 18.3. The summed E-state index contributed by atoms with van der Waals surface area (Å²) in [4.78, 5) is 0. The highest BCUT2D eigenvalue weighted by Crippen LogP contribution is 2.49. The maximum Gasteiger partial charge on any atom is 0.334 e. The Morgan fingerprint density at radius 2 is 1.29 bits per heavy atom. The lowest BCUT2D eigenvalue weighted by Gasteiger charge is -2.13. The van der Waals surface area contributed by atoms with Gasteiger partial charge >= 0.3 is 7.60 Å². The van der Waals surface area contributed by atoms with Gasteiger partial charge in [-0.2, -0.15) is 0 Å². The third-order valence-corrected chi connectivity index (χ3v) is 7.06. The van der Waals surface area contributed by atoms with Gasteiger partial charge in [0.2, 0.25) is 0 Å². The molecule has 0 bridgehead atoms. The molecule has 0 heterocycles. The summed E-state index contributed by atoms with van der Waals surface area (Å²) in [6.45, 7) is 2.28. The lowest BCUT2D eigenvalue weighted by molar-refractivity contribution is 0.275.